The second kappa shape index (κ2) is 10.5. The molecule has 0 unspecified atom stereocenters. The number of methoxy groups -OCH3 is 1. The SMILES string of the molecule is COc1cc(-c2noc(CN(C)CCCOc3ccccc3)n2)ccc1OC(F)F. The average Bonchev–Trinajstić information content (AvgIpc) is 3.20. The van der Waals surface area contributed by atoms with E-state index in [1.54, 1.807) is 6.07 Å². The molecule has 0 aliphatic heterocycles. The fourth-order valence-corrected chi connectivity index (χ4v) is 2.79. The lowest BCUT2D eigenvalue weighted by molar-refractivity contribution is -0.0512. The van der Waals surface area contributed by atoms with Gasteiger partial charge in [0.25, 0.3) is 0 Å². The van der Waals surface area contributed by atoms with Crippen molar-refractivity contribution in [3.05, 3.63) is 54.4 Å². The van der Waals surface area contributed by atoms with Crippen molar-refractivity contribution in [3.8, 4) is 28.6 Å². The van der Waals surface area contributed by atoms with Gasteiger partial charge in [-0.15, -0.1) is 0 Å². The highest BCUT2D eigenvalue weighted by Crippen LogP contribution is 2.32. The summed E-state index contributed by atoms with van der Waals surface area (Å²) in [7, 11) is 3.32. The van der Waals surface area contributed by atoms with Crippen LogP contribution in [0.15, 0.2) is 53.1 Å². The van der Waals surface area contributed by atoms with Crippen LogP contribution in [0.4, 0.5) is 8.78 Å². The van der Waals surface area contributed by atoms with E-state index in [9.17, 15) is 8.78 Å². The highest BCUT2D eigenvalue weighted by atomic mass is 19.3. The van der Waals surface area contributed by atoms with Crippen LogP contribution in [0.25, 0.3) is 11.4 Å². The summed E-state index contributed by atoms with van der Waals surface area (Å²) in [5.74, 6) is 1.74. The third-order valence-corrected chi connectivity index (χ3v) is 4.21. The van der Waals surface area contributed by atoms with Crippen LogP contribution in [-0.4, -0.2) is 49.0 Å². The standard InChI is InChI=1S/C21H23F2N3O4/c1-26(11-6-12-28-16-7-4-3-5-8-16)14-19-24-20(25-30-19)15-9-10-17(29-21(22)23)18(13-15)27-2/h3-5,7-10,13,21H,6,11-12,14H2,1-2H3. The summed E-state index contributed by atoms with van der Waals surface area (Å²) in [6, 6.07) is 14.1. The van der Waals surface area contributed by atoms with Crippen LogP contribution in [0.2, 0.25) is 0 Å². The second-order valence-electron chi connectivity index (χ2n) is 6.51. The first-order valence-corrected chi connectivity index (χ1v) is 9.37. The summed E-state index contributed by atoms with van der Waals surface area (Å²) in [6.45, 7) is -1.06. The third kappa shape index (κ3) is 6.15. The lowest BCUT2D eigenvalue weighted by Crippen LogP contribution is -2.21. The van der Waals surface area contributed by atoms with Gasteiger partial charge in [0, 0.05) is 12.1 Å². The highest BCUT2D eigenvalue weighted by molar-refractivity contribution is 5.60. The average molecular weight is 419 g/mol. The van der Waals surface area contributed by atoms with Crippen molar-refractivity contribution in [2.24, 2.45) is 0 Å². The molecule has 1 heterocycles. The number of ether oxygens (including phenoxy) is 3. The number of halogens is 2. The molecule has 160 valence electrons. The molecule has 3 rings (SSSR count). The zero-order valence-corrected chi connectivity index (χ0v) is 16.8. The maximum absolute atomic E-state index is 12.5. The van der Waals surface area contributed by atoms with Crippen LogP contribution in [-0.2, 0) is 6.54 Å². The fraction of sp³-hybridized carbons (Fsp3) is 0.333. The molecule has 0 radical (unpaired) electrons. The van der Waals surface area contributed by atoms with Crippen LogP contribution in [0.5, 0.6) is 17.2 Å². The number of benzene rings is 2. The molecule has 0 saturated heterocycles. The molecule has 2 aromatic carbocycles. The second-order valence-corrected chi connectivity index (χ2v) is 6.51. The van der Waals surface area contributed by atoms with Crippen LogP contribution in [0, 0.1) is 0 Å². The van der Waals surface area contributed by atoms with Crippen molar-refractivity contribution in [3.63, 3.8) is 0 Å². The van der Waals surface area contributed by atoms with E-state index in [1.807, 2.05) is 42.3 Å². The van der Waals surface area contributed by atoms with E-state index in [0.717, 1.165) is 18.7 Å². The fourth-order valence-electron chi connectivity index (χ4n) is 2.79. The van der Waals surface area contributed by atoms with Crippen LogP contribution < -0.4 is 14.2 Å². The number of hydrogen-bond acceptors (Lipinski definition) is 7. The lowest BCUT2D eigenvalue weighted by atomic mass is 10.2. The Morgan fingerprint density at radius 3 is 2.63 bits per heavy atom. The Balaban J connectivity index is 1.51. The molecular weight excluding hydrogens is 396 g/mol. The monoisotopic (exact) mass is 419 g/mol. The molecule has 30 heavy (non-hydrogen) atoms. The number of hydrogen-bond donors (Lipinski definition) is 0. The zero-order valence-electron chi connectivity index (χ0n) is 16.8. The van der Waals surface area contributed by atoms with E-state index in [-0.39, 0.29) is 11.5 Å². The molecule has 0 fully saturated rings. The van der Waals surface area contributed by atoms with Gasteiger partial charge in [-0.3, -0.25) is 4.90 Å². The Hall–Kier alpha value is -3.20. The molecule has 7 nitrogen and oxygen atoms in total. The number of para-hydroxylation sites is 1. The van der Waals surface area contributed by atoms with Gasteiger partial charge in [-0.05, 0) is 43.8 Å². The van der Waals surface area contributed by atoms with E-state index in [4.69, 9.17) is 14.0 Å². The van der Waals surface area contributed by atoms with E-state index in [2.05, 4.69) is 14.9 Å². The summed E-state index contributed by atoms with van der Waals surface area (Å²) in [5.41, 5.74) is 0.572. The predicted molar refractivity (Wildman–Crippen MR) is 106 cm³/mol. The number of alkyl halides is 2. The van der Waals surface area contributed by atoms with Gasteiger partial charge >= 0.3 is 6.61 Å². The lowest BCUT2D eigenvalue weighted by Gasteiger charge is -2.14. The largest absolute Gasteiger partial charge is 0.494 e. The van der Waals surface area contributed by atoms with Gasteiger partial charge in [-0.2, -0.15) is 13.8 Å². The smallest absolute Gasteiger partial charge is 0.387 e. The Morgan fingerprint density at radius 2 is 1.90 bits per heavy atom. The van der Waals surface area contributed by atoms with Gasteiger partial charge in [0.1, 0.15) is 5.75 Å². The molecule has 0 aliphatic rings. The van der Waals surface area contributed by atoms with Gasteiger partial charge in [-0.1, -0.05) is 23.4 Å². The Bertz CT molecular complexity index is 922. The van der Waals surface area contributed by atoms with Gasteiger partial charge in [-0.25, -0.2) is 0 Å². The number of rotatable bonds is 11. The van der Waals surface area contributed by atoms with Crippen molar-refractivity contribution in [2.45, 2.75) is 19.6 Å². The summed E-state index contributed by atoms with van der Waals surface area (Å²) in [5, 5.41) is 3.96. The maximum Gasteiger partial charge on any atom is 0.387 e. The molecule has 0 bridgehead atoms. The quantitative estimate of drug-likeness (QED) is 0.431. The first-order chi connectivity index (χ1) is 14.5. The maximum atomic E-state index is 12.5. The summed E-state index contributed by atoms with van der Waals surface area (Å²) >= 11 is 0. The minimum atomic E-state index is -2.94. The minimum Gasteiger partial charge on any atom is -0.494 e. The molecular formula is C21H23F2N3O4. The Morgan fingerprint density at radius 1 is 1.10 bits per heavy atom. The Kier molecular flexibility index (Phi) is 7.56. The van der Waals surface area contributed by atoms with Gasteiger partial charge in [0.15, 0.2) is 11.5 Å². The summed E-state index contributed by atoms with van der Waals surface area (Å²) < 4.78 is 45.4. The minimum absolute atomic E-state index is 0.0579. The summed E-state index contributed by atoms with van der Waals surface area (Å²) in [6.07, 6.45) is 0.842. The molecule has 1 aromatic heterocycles. The zero-order chi connectivity index (χ0) is 21.3. The van der Waals surface area contributed by atoms with Crippen molar-refractivity contribution in [2.75, 3.05) is 27.3 Å². The van der Waals surface area contributed by atoms with Crippen molar-refractivity contribution >= 4 is 0 Å². The molecule has 9 heteroatoms. The molecule has 0 N–H and O–H groups in total. The van der Waals surface area contributed by atoms with E-state index >= 15 is 0 Å². The van der Waals surface area contributed by atoms with Crippen molar-refractivity contribution in [1.82, 2.24) is 15.0 Å². The normalized spacial score (nSPS) is 11.1. The third-order valence-electron chi connectivity index (χ3n) is 4.21. The molecule has 0 spiro atoms. The number of nitrogens with zero attached hydrogens (tertiary/aromatic N) is 3. The van der Waals surface area contributed by atoms with Crippen LogP contribution in [0.1, 0.15) is 12.3 Å². The van der Waals surface area contributed by atoms with Crippen molar-refractivity contribution < 1.29 is 27.5 Å². The predicted octanol–water partition coefficient (Wildman–Crippen LogP) is 4.25. The highest BCUT2D eigenvalue weighted by Gasteiger charge is 2.15. The molecule has 0 saturated carbocycles. The van der Waals surface area contributed by atoms with Gasteiger partial charge in [0.2, 0.25) is 11.7 Å². The molecule has 3 aromatic rings. The molecule has 0 atom stereocenters. The van der Waals surface area contributed by atoms with Crippen LogP contribution >= 0.6 is 0 Å². The van der Waals surface area contributed by atoms with Gasteiger partial charge in [0.05, 0.1) is 20.3 Å². The molecule has 0 amide bonds. The van der Waals surface area contributed by atoms with E-state index < -0.39 is 6.61 Å². The molecule has 0 aliphatic carbocycles. The van der Waals surface area contributed by atoms with Crippen LogP contribution in [0.3, 0.4) is 0 Å². The van der Waals surface area contributed by atoms with E-state index in [1.165, 1.54) is 19.2 Å². The van der Waals surface area contributed by atoms with Gasteiger partial charge < -0.3 is 18.7 Å². The summed E-state index contributed by atoms with van der Waals surface area (Å²) in [4.78, 5) is 6.41. The first kappa shape index (κ1) is 21.5. The Labute approximate surface area is 173 Å². The number of aromatic nitrogens is 2. The first-order valence-electron chi connectivity index (χ1n) is 9.37. The van der Waals surface area contributed by atoms with Crippen molar-refractivity contribution in [1.29, 1.82) is 0 Å². The topological polar surface area (TPSA) is 69.9 Å². The van der Waals surface area contributed by atoms with E-state index in [0.29, 0.717) is 30.4 Å².